The van der Waals surface area contributed by atoms with Gasteiger partial charge in [-0.1, -0.05) is 25.1 Å². The monoisotopic (exact) mass is 452 g/mol. The van der Waals surface area contributed by atoms with Gasteiger partial charge < -0.3 is 14.2 Å². The highest BCUT2D eigenvalue weighted by Gasteiger charge is 2.12. The van der Waals surface area contributed by atoms with Gasteiger partial charge in [0, 0.05) is 23.3 Å². The number of methoxy groups -OCH3 is 1. The standard InChI is InChI=1S/C27H32O4S/c1-5-21-8-12-25(24(18-21)26-7-6-16-32-26)31-20(3)14-15-30-23-11-9-22(19(2)17-23)10-13-27(28)29-4/h6-9,11-12,16-18,20H,5,10,13-15H2,1-4H3. The van der Waals surface area contributed by atoms with Crippen LogP contribution in [0.1, 0.15) is 43.4 Å². The number of carbonyl (C=O) groups excluding carboxylic acids is 1. The average Bonchev–Trinajstić information content (AvgIpc) is 3.33. The molecule has 170 valence electrons. The van der Waals surface area contributed by atoms with Crippen molar-refractivity contribution in [1.29, 1.82) is 0 Å². The molecule has 0 aliphatic rings. The van der Waals surface area contributed by atoms with Gasteiger partial charge >= 0.3 is 5.97 Å². The van der Waals surface area contributed by atoms with Gasteiger partial charge in [0.25, 0.3) is 0 Å². The molecule has 0 saturated heterocycles. The number of carbonyl (C=O) groups is 1. The number of thiophene rings is 1. The Morgan fingerprint density at radius 2 is 1.97 bits per heavy atom. The van der Waals surface area contributed by atoms with Crippen LogP contribution in [0.2, 0.25) is 0 Å². The lowest BCUT2D eigenvalue weighted by Crippen LogP contribution is -2.16. The maximum Gasteiger partial charge on any atom is 0.305 e. The molecule has 4 nitrogen and oxygen atoms in total. The van der Waals surface area contributed by atoms with Crippen molar-refractivity contribution in [2.45, 2.75) is 52.6 Å². The zero-order valence-electron chi connectivity index (χ0n) is 19.4. The van der Waals surface area contributed by atoms with Crippen LogP contribution in [0.3, 0.4) is 0 Å². The smallest absolute Gasteiger partial charge is 0.305 e. The lowest BCUT2D eigenvalue weighted by atomic mass is 10.0. The van der Waals surface area contributed by atoms with Crippen LogP contribution in [0.5, 0.6) is 11.5 Å². The van der Waals surface area contributed by atoms with Gasteiger partial charge in [0.15, 0.2) is 0 Å². The van der Waals surface area contributed by atoms with Gasteiger partial charge in [-0.3, -0.25) is 4.79 Å². The SMILES string of the molecule is CCc1ccc(OC(C)CCOc2ccc(CCC(=O)OC)c(C)c2)c(-c2cccs2)c1. The van der Waals surface area contributed by atoms with E-state index in [1.807, 2.05) is 25.1 Å². The van der Waals surface area contributed by atoms with Crippen LogP contribution in [0.15, 0.2) is 53.9 Å². The molecule has 0 spiro atoms. The van der Waals surface area contributed by atoms with Gasteiger partial charge in [0.2, 0.25) is 0 Å². The van der Waals surface area contributed by atoms with E-state index in [1.54, 1.807) is 11.3 Å². The van der Waals surface area contributed by atoms with Crippen LogP contribution in [-0.4, -0.2) is 25.8 Å². The number of hydrogen-bond donors (Lipinski definition) is 0. The molecule has 0 N–H and O–H groups in total. The van der Waals surface area contributed by atoms with Crippen LogP contribution in [0.25, 0.3) is 10.4 Å². The molecule has 1 atom stereocenters. The minimum absolute atomic E-state index is 0.0293. The molecule has 0 bridgehead atoms. The summed E-state index contributed by atoms with van der Waals surface area (Å²) in [7, 11) is 1.42. The molecule has 0 saturated carbocycles. The summed E-state index contributed by atoms with van der Waals surface area (Å²) in [6.45, 7) is 6.86. The molecule has 5 heteroatoms. The molecule has 0 aliphatic carbocycles. The van der Waals surface area contributed by atoms with Crippen molar-refractivity contribution < 1.29 is 19.0 Å². The zero-order valence-corrected chi connectivity index (χ0v) is 20.2. The quantitative estimate of drug-likeness (QED) is 0.306. The van der Waals surface area contributed by atoms with Gasteiger partial charge in [-0.2, -0.15) is 0 Å². The van der Waals surface area contributed by atoms with Gasteiger partial charge in [-0.15, -0.1) is 11.3 Å². The molecule has 3 rings (SSSR count). The van der Waals surface area contributed by atoms with Crippen LogP contribution in [0, 0.1) is 6.92 Å². The van der Waals surface area contributed by atoms with Crippen molar-refractivity contribution in [1.82, 2.24) is 0 Å². The molecule has 1 heterocycles. The molecule has 0 aliphatic heterocycles. The number of aryl methyl sites for hydroxylation is 3. The molecule has 3 aromatic rings. The predicted octanol–water partition coefficient (Wildman–Crippen LogP) is 6.63. The number of rotatable bonds is 11. The molecule has 1 unspecified atom stereocenters. The Morgan fingerprint density at radius 3 is 2.66 bits per heavy atom. The highest BCUT2D eigenvalue weighted by Crippen LogP contribution is 2.35. The lowest BCUT2D eigenvalue weighted by molar-refractivity contribution is -0.140. The van der Waals surface area contributed by atoms with E-state index in [4.69, 9.17) is 14.2 Å². The topological polar surface area (TPSA) is 44.8 Å². The fraction of sp³-hybridized carbons (Fsp3) is 0.370. The summed E-state index contributed by atoms with van der Waals surface area (Å²) in [5.74, 6) is 1.57. The lowest BCUT2D eigenvalue weighted by Gasteiger charge is -2.18. The van der Waals surface area contributed by atoms with Crippen molar-refractivity contribution in [2.24, 2.45) is 0 Å². The van der Waals surface area contributed by atoms with Crippen LogP contribution in [0.4, 0.5) is 0 Å². The molecule has 1 aromatic heterocycles. The molecule has 0 radical (unpaired) electrons. The van der Waals surface area contributed by atoms with Crippen LogP contribution < -0.4 is 9.47 Å². The molecule has 2 aromatic carbocycles. The van der Waals surface area contributed by atoms with Crippen LogP contribution in [-0.2, 0) is 22.4 Å². The second kappa shape index (κ2) is 11.7. The molecule has 32 heavy (non-hydrogen) atoms. The average molecular weight is 453 g/mol. The summed E-state index contributed by atoms with van der Waals surface area (Å²) in [4.78, 5) is 12.6. The Balaban J connectivity index is 1.54. The number of esters is 1. The van der Waals surface area contributed by atoms with Gasteiger partial charge in [0.05, 0.1) is 19.8 Å². The first-order valence-electron chi connectivity index (χ1n) is 11.1. The van der Waals surface area contributed by atoms with Crippen molar-refractivity contribution >= 4 is 17.3 Å². The van der Waals surface area contributed by atoms with E-state index < -0.39 is 0 Å². The first-order chi connectivity index (χ1) is 15.5. The fourth-order valence-corrected chi connectivity index (χ4v) is 4.27. The maximum absolute atomic E-state index is 11.4. The zero-order chi connectivity index (χ0) is 22.9. The van der Waals surface area contributed by atoms with Gasteiger partial charge in [-0.05, 0) is 79.1 Å². The molecule has 0 amide bonds. The van der Waals surface area contributed by atoms with Gasteiger partial charge in [0.1, 0.15) is 11.5 Å². The number of hydrogen-bond acceptors (Lipinski definition) is 5. The van der Waals surface area contributed by atoms with E-state index in [0.29, 0.717) is 19.4 Å². The largest absolute Gasteiger partial charge is 0.493 e. The van der Waals surface area contributed by atoms with E-state index in [-0.39, 0.29) is 12.1 Å². The minimum atomic E-state index is -0.190. The third-order valence-electron chi connectivity index (χ3n) is 5.50. The van der Waals surface area contributed by atoms with Crippen LogP contribution >= 0.6 is 11.3 Å². The Labute approximate surface area is 195 Å². The van der Waals surface area contributed by atoms with Crippen molar-refractivity contribution in [3.63, 3.8) is 0 Å². The molecule has 0 fully saturated rings. The Hall–Kier alpha value is -2.79. The minimum Gasteiger partial charge on any atom is -0.493 e. The molecular formula is C27H32O4S. The normalized spacial score (nSPS) is 11.8. The van der Waals surface area contributed by atoms with E-state index >= 15 is 0 Å². The van der Waals surface area contributed by atoms with Crippen molar-refractivity contribution in [2.75, 3.05) is 13.7 Å². The third-order valence-corrected chi connectivity index (χ3v) is 6.40. The van der Waals surface area contributed by atoms with E-state index in [1.165, 1.54) is 17.6 Å². The first kappa shape index (κ1) is 23.9. The Morgan fingerprint density at radius 1 is 1.12 bits per heavy atom. The summed E-state index contributed by atoms with van der Waals surface area (Å²) < 4.78 is 17.0. The first-order valence-corrected chi connectivity index (χ1v) is 12.0. The summed E-state index contributed by atoms with van der Waals surface area (Å²) in [6.07, 6.45) is 2.87. The van der Waals surface area contributed by atoms with Gasteiger partial charge in [-0.25, -0.2) is 0 Å². The predicted molar refractivity (Wildman–Crippen MR) is 131 cm³/mol. The summed E-state index contributed by atoms with van der Waals surface area (Å²) >= 11 is 1.73. The highest BCUT2D eigenvalue weighted by molar-refractivity contribution is 7.13. The summed E-state index contributed by atoms with van der Waals surface area (Å²) in [5.41, 5.74) is 4.72. The highest BCUT2D eigenvalue weighted by atomic mass is 32.1. The van der Waals surface area contributed by atoms with Crippen molar-refractivity contribution in [3.05, 3.63) is 70.6 Å². The van der Waals surface area contributed by atoms with Crippen molar-refractivity contribution in [3.8, 4) is 21.9 Å². The Bertz CT molecular complexity index is 1010. The summed E-state index contributed by atoms with van der Waals surface area (Å²) in [6, 6.07) is 16.7. The number of ether oxygens (including phenoxy) is 3. The van der Waals surface area contributed by atoms with E-state index in [2.05, 4.69) is 49.6 Å². The maximum atomic E-state index is 11.4. The Kier molecular flexibility index (Phi) is 8.74. The third kappa shape index (κ3) is 6.60. The van der Waals surface area contributed by atoms with E-state index in [9.17, 15) is 4.79 Å². The summed E-state index contributed by atoms with van der Waals surface area (Å²) in [5, 5.41) is 2.09. The van der Waals surface area contributed by atoms with E-state index in [0.717, 1.165) is 41.0 Å². The fourth-order valence-electron chi connectivity index (χ4n) is 3.52. The second-order valence-electron chi connectivity index (χ2n) is 7.89. The molecular weight excluding hydrogens is 420 g/mol. The second-order valence-corrected chi connectivity index (χ2v) is 8.84. The number of benzene rings is 2.